The zero-order valence-corrected chi connectivity index (χ0v) is 10.4. The fourth-order valence-electron chi connectivity index (χ4n) is 2.48. The minimum absolute atomic E-state index is 0.692. The number of aromatic nitrogens is 1. The van der Waals surface area contributed by atoms with Crippen molar-refractivity contribution < 1.29 is 0 Å². The molecular weight excluding hydrogens is 212 g/mol. The topological polar surface area (TPSA) is 58.0 Å². The number of nitrogens with zero attached hydrogens (tertiary/aromatic N) is 3. The number of nitrogen functional groups attached to an aromatic ring is 1. The highest BCUT2D eigenvalue weighted by Gasteiger charge is 2.21. The van der Waals surface area contributed by atoms with E-state index in [1.807, 2.05) is 6.07 Å². The molecule has 0 aliphatic carbocycles. The average molecular weight is 232 g/mol. The first-order chi connectivity index (χ1) is 8.27. The predicted molar refractivity (Wildman–Crippen MR) is 69.9 cm³/mol. The van der Waals surface area contributed by atoms with Crippen molar-refractivity contribution in [2.45, 2.75) is 39.2 Å². The summed E-state index contributed by atoms with van der Waals surface area (Å²) in [7, 11) is 0. The third-order valence-electron chi connectivity index (χ3n) is 3.35. The number of nitriles is 1. The van der Waals surface area contributed by atoms with E-state index in [0.29, 0.717) is 5.69 Å². The molecule has 17 heavy (non-hydrogen) atoms. The molecule has 2 heterocycles. The van der Waals surface area contributed by atoms with Crippen LogP contribution < -0.4 is 10.6 Å². The molecule has 0 amide bonds. The zero-order valence-electron chi connectivity index (χ0n) is 10.4. The van der Waals surface area contributed by atoms with Gasteiger partial charge in [-0.3, -0.25) is 0 Å². The summed E-state index contributed by atoms with van der Waals surface area (Å²) in [6.45, 7) is 5.17. The highest BCUT2D eigenvalue weighted by Crippen LogP contribution is 2.30. The van der Waals surface area contributed by atoms with Gasteiger partial charge in [-0.05, 0) is 25.3 Å². The van der Waals surface area contributed by atoms with Gasteiger partial charge in [0.1, 0.15) is 17.6 Å². The molecule has 1 saturated heterocycles. The second-order valence-electron chi connectivity index (χ2n) is 4.62. The van der Waals surface area contributed by atoms with Crippen molar-refractivity contribution in [3.8, 4) is 6.07 Å². The molecule has 4 heteroatoms. The fourth-order valence-corrected chi connectivity index (χ4v) is 2.48. The van der Waals surface area contributed by atoms with Crippen LogP contribution in [0.15, 0.2) is 6.07 Å². The van der Waals surface area contributed by atoms with Crippen LogP contribution in [-0.2, 0) is 6.54 Å². The Morgan fingerprint density at radius 1 is 1.41 bits per heavy atom. The number of unbranched alkanes of at least 4 members (excludes halogenated alkanes) is 1. The van der Waals surface area contributed by atoms with Crippen LogP contribution >= 0.6 is 0 Å². The molecule has 92 valence electrons. The van der Waals surface area contributed by atoms with E-state index in [1.165, 1.54) is 12.8 Å². The number of nitrogens with two attached hydrogens (primary N) is 1. The highest BCUT2D eigenvalue weighted by atomic mass is 15.3. The van der Waals surface area contributed by atoms with Gasteiger partial charge in [-0.25, -0.2) is 0 Å². The number of hydrogen-bond donors (Lipinski definition) is 1. The van der Waals surface area contributed by atoms with E-state index in [0.717, 1.165) is 44.0 Å². The standard InChI is InChI=1S/C13H20N4/c1-2-3-8-17-11(10-14)9-12(15)13(17)16-6-4-5-7-16/h9H,2-8,15H2,1H3. The molecule has 0 spiro atoms. The number of anilines is 2. The Balaban J connectivity index is 2.34. The summed E-state index contributed by atoms with van der Waals surface area (Å²) in [5.41, 5.74) is 7.50. The van der Waals surface area contributed by atoms with Crippen molar-refractivity contribution >= 4 is 11.5 Å². The SMILES string of the molecule is CCCCn1c(C#N)cc(N)c1N1CCCC1. The van der Waals surface area contributed by atoms with Crippen molar-refractivity contribution in [1.29, 1.82) is 5.26 Å². The Morgan fingerprint density at radius 2 is 2.12 bits per heavy atom. The minimum atomic E-state index is 0.692. The molecule has 0 saturated carbocycles. The lowest BCUT2D eigenvalue weighted by Crippen LogP contribution is -2.22. The van der Waals surface area contributed by atoms with Gasteiger partial charge >= 0.3 is 0 Å². The van der Waals surface area contributed by atoms with Gasteiger partial charge in [0.25, 0.3) is 0 Å². The molecule has 1 aromatic heterocycles. The lowest BCUT2D eigenvalue weighted by Gasteiger charge is -2.21. The first-order valence-electron chi connectivity index (χ1n) is 6.42. The van der Waals surface area contributed by atoms with Crippen LogP contribution in [0.1, 0.15) is 38.3 Å². The second kappa shape index (κ2) is 5.13. The van der Waals surface area contributed by atoms with Crippen molar-refractivity contribution in [2.24, 2.45) is 0 Å². The van der Waals surface area contributed by atoms with Crippen LogP contribution in [0.2, 0.25) is 0 Å². The van der Waals surface area contributed by atoms with E-state index in [1.54, 1.807) is 0 Å². The lowest BCUT2D eigenvalue weighted by molar-refractivity contribution is 0.623. The molecule has 1 aliphatic rings. The van der Waals surface area contributed by atoms with Gasteiger partial charge in [-0.15, -0.1) is 0 Å². The maximum Gasteiger partial charge on any atom is 0.133 e. The summed E-state index contributed by atoms with van der Waals surface area (Å²) < 4.78 is 2.09. The van der Waals surface area contributed by atoms with Crippen LogP contribution in [0, 0.1) is 11.3 Å². The Labute approximate surface area is 103 Å². The summed E-state index contributed by atoms with van der Waals surface area (Å²) >= 11 is 0. The zero-order chi connectivity index (χ0) is 12.3. The van der Waals surface area contributed by atoms with Gasteiger partial charge in [-0.2, -0.15) is 5.26 Å². The van der Waals surface area contributed by atoms with Crippen molar-refractivity contribution in [3.63, 3.8) is 0 Å². The summed E-state index contributed by atoms with van der Waals surface area (Å²) in [6.07, 6.45) is 4.66. The first kappa shape index (κ1) is 11.8. The average Bonchev–Trinajstić information content (AvgIpc) is 2.93. The van der Waals surface area contributed by atoms with E-state index >= 15 is 0 Å². The van der Waals surface area contributed by atoms with Gasteiger partial charge in [-0.1, -0.05) is 13.3 Å². The van der Waals surface area contributed by atoms with Crippen LogP contribution in [0.4, 0.5) is 11.5 Å². The molecule has 2 N–H and O–H groups in total. The smallest absolute Gasteiger partial charge is 0.133 e. The molecule has 0 bridgehead atoms. The Bertz CT molecular complexity index is 421. The summed E-state index contributed by atoms with van der Waals surface area (Å²) in [6, 6.07) is 4.05. The molecule has 1 fully saturated rings. The second-order valence-corrected chi connectivity index (χ2v) is 4.62. The van der Waals surface area contributed by atoms with E-state index in [2.05, 4.69) is 22.5 Å². The molecule has 1 aromatic rings. The monoisotopic (exact) mass is 232 g/mol. The summed E-state index contributed by atoms with van der Waals surface area (Å²) in [4.78, 5) is 2.31. The molecule has 0 radical (unpaired) electrons. The molecule has 0 unspecified atom stereocenters. The van der Waals surface area contributed by atoms with Crippen LogP contribution in [0.25, 0.3) is 0 Å². The van der Waals surface area contributed by atoms with E-state index in [-0.39, 0.29) is 0 Å². The quantitative estimate of drug-likeness (QED) is 0.866. The minimum Gasteiger partial charge on any atom is -0.396 e. The lowest BCUT2D eigenvalue weighted by atomic mass is 10.3. The van der Waals surface area contributed by atoms with Gasteiger partial charge in [0, 0.05) is 19.6 Å². The van der Waals surface area contributed by atoms with Gasteiger partial charge in [0.05, 0.1) is 5.69 Å². The third kappa shape index (κ3) is 2.23. The van der Waals surface area contributed by atoms with Crippen LogP contribution in [0.3, 0.4) is 0 Å². The largest absolute Gasteiger partial charge is 0.396 e. The highest BCUT2D eigenvalue weighted by molar-refractivity contribution is 5.68. The summed E-state index contributed by atoms with van der Waals surface area (Å²) in [5, 5.41) is 9.15. The molecular formula is C13H20N4. The normalized spacial score (nSPS) is 15.2. The van der Waals surface area contributed by atoms with Gasteiger partial charge in [0.2, 0.25) is 0 Å². The molecule has 0 aromatic carbocycles. The Hall–Kier alpha value is -1.63. The van der Waals surface area contributed by atoms with Crippen molar-refractivity contribution in [3.05, 3.63) is 11.8 Å². The van der Waals surface area contributed by atoms with Crippen molar-refractivity contribution in [1.82, 2.24) is 4.57 Å². The van der Waals surface area contributed by atoms with Crippen LogP contribution in [0.5, 0.6) is 0 Å². The first-order valence-corrected chi connectivity index (χ1v) is 6.42. The molecule has 4 nitrogen and oxygen atoms in total. The Kier molecular flexibility index (Phi) is 3.58. The maximum atomic E-state index is 9.15. The van der Waals surface area contributed by atoms with E-state index < -0.39 is 0 Å². The number of rotatable bonds is 4. The van der Waals surface area contributed by atoms with Gasteiger partial charge < -0.3 is 15.2 Å². The van der Waals surface area contributed by atoms with E-state index in [9.17, 15) is 0 Å². The van der Waals surface area contributed by atoms with E-state index in [4.69, 9.17) is 11.0 Å². The maximum absolute atomic E-state index is 9.15. The number of hydrogen-bond acceptors (Lipinski definition) is 3. The fraction of sp³-hybridized carbons (Fsp3) is 0.615. The predicted octanol–water partition coefficient (Wildman–Crippen LogP) is 2.34. The van der Waals surface area contributed by atoms with Crippen LogP contribution in [-0.4, -0.2) is 17.7 Å². The summed E-state index contributed by atoms with van der Waals surface area (Å²) in [5.74, 6) is 1.06. The Morgan fingerprint density at radius 3 is 2.71 bits per heavy atom. The third-order valence-corrected chi connectivity index (χ3v) is 3.35. The van der Waals surface area contributed by atoms with Crippen molar-refractivity contribution in [2.75, 3.05) is 23.7 Å². The molecule has 1 aliphatic heterocycles. The van der Waals surface area contributed by atoms with Gasteiger partial charge in [0.15, 0.2) is 0 Å². The molecule has 2 rings (SSSR count). The molecule has 0 atom stereocenters.